The van der Waals surface area contributed by atoms with Gasteiger partial charge in [-0.25, -0.2) is 14.4 Å². The molecule has 3 aliphatic rings. The fourth-order valence-electron chi connectivity index (χ4n) is 5.64. The molecule has 0 spiro atoms. The van der Waals surface area contributed by atoms with Crippen molar-refractivity contribution in [1.29, 1.82) is 0 Å². The molecule has 2 saturated heterocycles. The highest BCUT2D eigenvalue weighted by Gasteiger charge is 2.30. The SMILES string of the molecule is C=C1C=CC(N2CCCC2c2cccc(F)c2)=NN1/C(=C\C)c1cccc(CN2CC(C)OC(C)C2)n1. The van der Waals surface area contributed by atoms with Crippen molar-refractivity contribution in [3.63, 3.8) is 0 Å². The fourth-order valence-corrected chi connectivity index (χ4v) is 5.64. The summed E-state index contributed by atoms with van der Waals surface area (Å²) in [5.41, 5.74) is 4.53. The number of morpholine rings is 1. The van der Waals surface area contributed by atoms with Gasteiger partial charge in [0.2, 0.25) is 0 Å². The van der Waals surface area contributed by atoms with Crippen molar-refractivity contribution in [2.45, 2.75) is 58.4 Å². The summed E-state index contributed by atoms with van der Waals surface area (Å²) < 4.78 is 19.8. The third kappa shape index (κ3) is 5.68. The number of benzene rings is 1. The van der Waals surface area contributed by atoms with Crippen molar-refractivity contribution in [1.82, 2.24) is 19.8 Å². The van der Waals surface area contributed by atoms with Gasteiger partial charge in [0.05, 0.1) is 41.0 Å². The molecule has 1 aromatic heterocycles. The summed E-state index contributed by atoms with van der Waals surface area (Å²) in [7, 11) is 0. The molecule has 0 radical (unpaired) electrons. The second-order valence-corrected chi connectivity index (χ2v) is 10.1. The summed E-state index contributed by atoms with van der Waals surface area (Å²) in [6, 6.07) is 13.2. The van der Waals surface area contributed by atoms with Crippen molar-refractivity contribution in [3.8, 4) is 0 Å². The molecule has 3 aliphatic heterocycles. The van der Waals surface area contributed by atoms with Crippen LogP contribution in [0.5, 0.6) is 0 Å². The van der Waals surface area contributed by atoms with Crippen LogP contribution in [0.2, 0.25) is 0 Å². The summed E-state index contributed by atoms with van der Waals surface area (Å²) >= 11 is 0. The summed E-state index contributed by atoms with van der Waals surface area (Å²) in [6.07, 6.45) is 8.47. The normalized spacial score (nSPS) is 25.1. The van der Waals surface area contributed by atoms with Gasteiger partial charge >= 0.3 is 0 Å². The molecule has 1 aromatic carbocycles. The minimum atomic E-state index is -0.205. The molecule has 0 saturated carbocycles. The maximum absolute atomic E-state index is 14.0. The summed E-state index contributed by atoms with van der Waals surface area (Å²) in [4.78, 5) is 9.68. The van der Waals surface area contributed by atoms with Crippen LogP contribution in [0.3, 0.4) is 0 Å². The molecule has 6 nitrogen and oxygen atoms in total. The average molecular weight is 502 g/mol. The zero-order valence-electron chi connectivity index (χ0n) is 22.0. The Kier molecular flexibility index (Phi) is 7.53. The second-order valence-electron chi connectivity index (χ2n) is 10.1. The van der Waals surface area contributed by atoms with Crippen LogP contribution >= 0.6 is 0 Å². The molecule has 2 fully saturated rings. The lowest BCUT2D eigenvalue weighted by Gasteiger charge is -2.35. The Hall–Kier alpha value is -3.29. The number of rotatable bonds is 5. The largest absolute Gasteiger partial charge is 0.373 e. The number of hydrogen-bond acceptors (Lipinski definition) is 6. The number of pyridine rings is 1. The van der Waals surface area contributed by atoms with Crippen molar-refractivity contribution < 1.29 is 9.13 Å². The number of hydrazone groups is 1. The van der Waals surface area contributed by atoms with Crippen LogP contribution in [0.1, 0.15) is 56.6 Å². The predicted molar refractivity (Wildman–Crippen MR) is 146 cm³/mol. The predicted octanol–water partition coefficient (Wildman–Crippen LogP) is 5.73. The molecule has 0 bridgehead atoms. The molecule has 2 aromatic rings. The summed E-state index contributed by atoms with van der Waals surface area (Å²) in [6.45, 7) is 13.9. The Morgan fingerprint density at radius 1 is 1.14 bits per heavy atom. The lowest BCUT2D eigenvalue weighted by molar-refractivity contribution is -0.0707. The molecular weight excluding hydrogens is 465 g/mol. The third-order valence-electron chi connectivity index (χ3n) is 7.13. The average Bonchev–Trinajstić information content (AvgIpc) is 3.35. The maximum atomic E-state index is 14.0. The molecule has 4 heterocycles. The van der Waals surface area contributed by atoms with Gasteiger partial charge in [0.1, 0.15) is 11.7 Å². The van der Waals surface area contributed by atoms with Crippen LogP contribution in [-0.4, -0.2) is 57.5 Å². The first-order chi connectivity index (χ1) is 17.9. The number of ether oxygens (including phenoxy) is 1. The van der Waals surface area contributed by atoms with Gasteiger partial charge in [0, 0.05) is 26.2 Å². The molecule has 3 atom stereocenters. The Morgan fingerprint density at radius 2 is 1.92 bits per heavy atom. The molecular formula is C30H36FN5O. The number of amidine groups is 1. The van der Waals surface area contributed by atoms with Gasteiger partial charge in [-0.2, -0.15) is 0 Å². The van der Waals surface area contributed by atoms with Crippen LogP contribution in [-0.2, 0) is 11.3 Å². The van der Waals surface area contributed by atoms with E-state index in [1.165, 1.54) is 6.07 Å². The topological polar surface area (TPSA) is 44.2 Å². The van der Waals surface area contributed by atoms with Crippen LogP contribution < -0.4 is 0 Å². The third-order valence-corrected chi connectivity index (χ3v) is 7.13. The van der Waals surface area contributed by atoms with E-state index in [0.717, 1.165) is 73.2 Å². The number of allylic oxidation sites excluding steroid dienone is 2. The second kappa shape index (κ2) is 11.0. The highest BCUT2D eigenvalue weighted by atomic mass is 19.1. The fraction of sp³-hybridized carbons (Fsp3) is 0.400. The van der Waals surface area contributed by atoms with E-state index in [1.807, 2.05) is 42.3 Å². The van der Waals surface area contributed by atoms with Gasteiger partial charge in [-0.15, -0.1) is 5.10 Å². The van der Waals surface area contributed by atoms with E-state index in [0.29, 0.717) is 0 Å². The van der Waals surface area contributed by atoms with E-state index < -0.39 is 0 Å². The standard InChI is InChI=1S/C30H36FN5O/c1-5-28(27-12-7-11-26(32-27)20-34-18-22(3)37-23(4)19-34)36-21(2)14-15-30(33-36)35-16-8-13-29(35)24-9-6-10-25(31)17-24/h5-7,9-12,14-15,17,22-23,29H,2,8,13,16,18-20H2,1,3-4H3/b28-5-. The highest BCUT2D eigenvalue weighted by Crippen LogP contribution is 2.35. The Morgan fingerprint density at radius 3 is 2.68 bits per heavy atom. The number of hydrogen-bond donors (Lipinski definition) is 0. The highest BCUT2D eigenvalue weighted by molar-refractivity contribution is 5.95. The van der Waals surface area contributed by atoms with E-state index >= 15 is 0 Å². The number of likely N-dealkylation sites (tertiary alicyclic amines) is 1. The van der Waals surface area contributed by atoms with Crippen molar-refractivity contribution in [3.05, 3.63) is 95.7 Å². The molecule has 5 rings (SSSR count). The van der Waals surface area contributed by atoms with Gasteiger partial charge < -0.3 is 9.64 Å². The lowest BCUT2D eigenvalue weighted by Crippen LogP contribution is -2.44. The molecule has 7 heteroatoms. The minimum absolute atomic E-state index is 0.0983. The zero-order chi connectivity index (χ0) is 25.9. The Balaban J connectivity index is 1.38. The van der Waals surface area contributed by atoms with Crippen molar-refractivity contribution in [2.75, 3.05) is 19.6 Å². The van der Waals surface area contributed by atoms with Crippen LogP contribution in [0.25, 0.3) is 5.70 Å². The summed E-state index contributed by atoms with van der Waals surface area (Å²) in [5, 5.41) is 6.89. The zero-order valence-corrected chi connectivity index (χ0v) is 22.0. The molecule has 0 amide bonds. The van der Waals surface area contributed by atoms with Gasteiger partial charge in [0.25, 0.3) is 0 Å². The maximum Gasteiger partial charge on any atom is 0.150 e. The smallest absolute Gasteiger partial charge is 0.150 e. The van der Waals surface area contributed by atoms with Crippen LogP contribution in [0, 0.1) is 5.82 Å². The Labute approximate surface area is 219 Å². The van der Waals surface area contributed by atoms with Gasteiger partial charge in [-0.1, -0.05) is 30.9 Å². The lowest BCUT2D eigenvalue weighted by atomic mass is 10.0. The molecule has 194 valence electrons. The summed E-state index contributed by atoms with van der Waals surface area (Å²) in [5.74, 6) is 0.648. The molecule has 3 unspecified atom stereocenters. The minimum Gasteiger partial charge on any atom is -0.373 e. The van der Waals surface area contributed by atoms with Gasteiger partial charge in [0.15, 0.2) is 0 Å². The van der Waals surface area contributed by atoms with Gasteiger partial charge in [-0.05, 0) is 75.6 Å². The van der Waals surface area contributed by atoms with Crippen molar-refractivity contribution in [2.24, 2.45) is 5.10 Å². The van der Waals surface area contributed by atoms with Crippen LogP contribution in [0.4, 0.5) is 4.39 Å². The number of nitrogens with zero attached hydrogens (tertiary/aromatic N) is 5. The molecule has 0 aliphatic carbocycles. The number of halogens is 1. The molecule has 37 heavy (non-hydrogen) atoms. The first-order valence-corrected chi connectivity index (χ1v) is 13.2. The van der Waals surface area contributed by atoms with E-state index in [4.69, 9.17) is 14.8 Å². The van der Waals surface area contributed by atoms with Crippen molar-refractivity contribution >= 4 is 11.5 Å². The molecule has 0 N–H and O–H groups in total. The number of aromatic nitrogens is 1. The Bertz CT molecular complexity index is 1230. The quantitative estimate of drug-likeness (QED) is 0.524. The first-order valence-electron chi connectivity index (χ1n) is 13.2. The van der Waals surface area contributed by atoms with E-state index in [1.54, 1.807) is 12.1 Å². The van der Waals surface area contributed by atoms with E-state index in [9.17, 15) is 4.39 Å². The van der Waals surface area contributed by atoms with Gasteiger partial charge in [-0.3, -0.25) is 4.90 Å². The van der Waals surface area contributed by atoms with E-state index in [-0.39, 0.29) is 24.1 Å². The first kappa shape index (κ1) is 25.4. The monoisotopic (exact) mass is 501 g/mol. The van der Waals surface area contributed by atoms with Crippen LogP contribution in [0.15, 0.2) is 78.1 Å². The van der Waals surface area contributed by atoms with E-state index in [2.05, 4.69) is 42.4 Å².